The number of aliphatic imine (C=N–C) groups is 1. The number of guanidine groups is 1. The third-order valence-electron chi connectivity index (χ3n) is 4.60. The molecule has 0 fully saturated rings. The van der Waals surface area contributed by atoms with E-state index in [4.69, 9.17) is 9.73 Å². The van der Waals surface area contributed by atoms with Crippen LogP contribution >= 0.6 is 24.0 Å². The van der Waals surface area contributed by atoms with Crippen molar-refractivity contribution in [3.05, 3.63) is 70.8 Å². The summed E-state index contributed by atoms with van der Waals surface area (Å²) in [5.74, 6) is 0.713. The van der Waals surface area contributed by atoms with Gasteiger partial charge in [0.05, 0.1) is 13.2 Å². The lowest BCUT2D eigenvalue weighted by atomic mass is 10.1. The van der Waals surface area contributed by atoms with Crippen molar-refractivity contribution in [1.82, 2.24) is 16.0 Å². The van der Waals surface area contributed by atoms with Crippen LogP contribution in [0.2, 0.25) is 0 Å². The van der Waals surface area contributed by atoms with E-state index in [1.54, 1.807) is 7.05 Å². The van der Waals surface area contributed by atoms with Crippen molar-refractivity contribution in [1.29, 1.82) is 0 Å². The van der Waals surface area contributed by atoms with E-state index in [-0.39, 0.29) is 29.9 Å². The van der Waals surface area contributed by atoms with E-state index in [2.05, 4.69) is 41.9 Å². The smallest absolute Gasteiger partial charge is 0.251 e. The summed E-state index contributed by atoms with van der Waals surface area (Å²) >= 11 is 0. The Kier molecular flexibility index (Phi) is 13.6. The van der Waals surface area contributed by atoms with Crippen molar-refractivity contribution in [3.8, 4) is 0 Å². The molecule has 0 aliphatic heterocycles. The number of carbonyl (C=O) groups is 1. The van der Waals surface area contributed by atoms with Crippen molar-refractivity contribution in [2.75, 3.05) is 26.7 Å². The number of amides is 1. The van der Waals surface area contributed by atoms with E-state index in [1.807, 2.05) is 36.4 Å². The minimum Gasteiger partial charge on any atom is -0.377 e. The number of ether oxygens (including phenoxy) is 1. The molecule has 2 rings (SSSR count). The van der Waals surface area contributed by atoms with Crippen molar-refractivity contribution in [3.63, 3.8) is 0 Å². The van der Waals surface area contributed by atoms with Gasteiger partial charge in [-0.05, 0) is 48.6 Å². The summed E-state index contributed by atoms with van der Waals surface area (Å²) < 4.78 is 5.70. The first-order valence-corrected chi connectivity index (χ1v) is 10.7. The Balaban J connectivity index is 0.00000480. The number of benzene rings is 2. The van der Waals surface area contributed by atoms with Crippen LogP contribution in [0.15, 0.2) is 53.5 Å². The molecule has 2 aromatic rings. The van der Waals surface area contributed by atoms with E-state index >= 15 is 0 Å². The Morgan fingerprint density at radius 1 is 1.03 bits per heavy atom. The van der Waals surface area contributed by atoms with Gasteiger partial charge in [0.2, 0.25) is 0 Å². The van der Waals surface area contributed by atoms with Gasteiger partial charge in [-0.25, -0.2) is 4.99 Å². The Morgan fingerprint density at radius 3 is 2.52 bits per heavy atom. The molecule has 31 heavy (non-hydrogen) atoms. The molecule has 0 atom stereocenters. The highest BCUT2D eigenvalue weighted by Gasteiger charge is 2.05. The topological polar surface area (TPSA) is 74.8 Å². The third kappa shape index (κ3) is 9.69. The molecule has 3 N–H and O–H groups in total. The molecule has 0 saturated heterocycles. The zero-order valence-electron chi connectivity index (χ0n) is 18.7. The van der Waals surface area contributed by atoms with Gasteiger partial charge in [0.1, 0.15) is 0 Å². The number of nitrogens with one attached hydrogen (secondary N) is 3. The van der Waals surface area contributed by atoms with E-state index < -0.39 is 0 Å². The molecule has 7 heteroatoms. The Labute approximate surface area is 203 Å². The van der Waals surface area contributed by atoms with Crippen LogP contribution in [0.1, 0.15) is 47.3 Å². The molecular weight excluding hydrogens is 503 g/mol. The van der Waals surface area contributed by atoms with E-state index in [0.717, 1.165) is 44.1 Å². The van der Waals surface area contributed by atoms with Crippen LogP contribution in [-0.2, 0) is 24.3 Å². The molecule has 1 amide bonds. The molecule has 0 aromatic heterocycles. The maximum Gasteiger partial charge on any atom is 0.251 e. The van der Waals surface area contributed by atoms with E-state index in [0.29, 0.717) is 18.7 Å². The molecule has 0 bridgehead atoms. The van der Waals surface area contributed by atoms with Crippen LogP contribution < -0.4 is 16.0 Å². The summed E-state index contributed by atoms with van der Waals surface area (Å²) in [6, 6.07) is 16.0. The van der Waals surface area contributed by atoms with Crippen LogP contribution in [0.4, 0.5) is 0 Å². The maximum absolute atomic E-state index is 11.8. The normalized spacial score (nSPS) is 10.9. The largest absolute Gasteiger partial charge is 0.377 e. The second-order valence-electron chi connectivity index (χ2n) is 6.97. The zero-order chi connectivity index (χ0) is 21.6. The van der Waals surface area contributed by atoms with Crippen LogP contribution in [0, 0.1) is 0 Å². The van der Waals surface area contributed by atoms with E-state index in [9.17, 15) is 4.79 Å². The standard InChI is InChI=1S/C24H34N4O2.HI/c1-4-15-30-18-22-11-7-6-10-21(22)17-28-24(26-5-2)27-14-13-19-9-8-12-20(16-19)23(29)25-3;/h6-12,16H,4-5,13-15,17-18H2,1-3H3,(H,25,29)(H2,26,27,28);1H. The molecular formula is C24H35IN4O2. The van der Waals surface area contributed by atoms with Crippen molar-refractivity contribution in [2.24, 2.45) is 4.99 Å². The summed E-state index contributed by atoms with van der Waals surface area (Å²) in [6.07, 6.45) is 1.82. The van der Waals surface area contributed by atoms with Crippen molar-refractivity contribution in [2.45, 2.75) is 39.8 Å². The molecule has 6 nitrogen and oxygen atoms in total. The quantitative estimate of drug-likeness (QED) is 0.176. The molecule has 0 spiro atoms. The number of nitrogens with zero attached hydrogens (tertiary/aromatic N) is 1. The van der Waals surface area contributed by atoms with Gasteiger partial charge in [0.15, 0.2) is 5.96 Å². The maximum atomic E-state index is 11.8. The minimum absolute atomic E-state index is 0. The molecule has 0 aliphatic rings. The first kappa shape index (κ1) is 26.9. The summed E-state index contributed by atoms with van der Waals surface area (Å²) in [7, 11) is 1.64. The number of hydrogen-bond acceptors (Lipinski definition) is 3. The fourth-order valence-electron chi connectivity index (χ4n) is 3.02. The summed E-state index contributed by atoms with van der Waals surface area (Å²) in [5.41, 5.74) is 4.14. The average Bonchev–Trinajstić information content (AvgIpc) is 2.78. The Bertz CT molecular complexity index is 827. The van der Waals surface area contributed by atoms with Gasteiger partial charge in [-0.1, -0.05) is 43.3 Å². The molecule has 2 aromatic carbocycles. The second-order valence-corrected chi connectivity index (χ2v) is 6.97. The number of hydrogen-bond donors (Lipinski definition) is 3. The predicted octanol–water partition coefficient (Wildman–Crippen LogP) is 3.89. The number of rotatable bonds is 11. The van der Waals surface area contributed by atoms with Crippen LogP contribution in [-0.4, -0.2) is 38.6 Å². The first-order valence-electron chi connectivity index (χ1n) is 10.7. The highest BCUT2D eigenvalue weighted by Crippen LogP contribution is 2.12. The number of carbonyl (C=O) groups excluding carboxylic acids is 1. The fourth-order valence-corrected chi connectivity index (χ4v) is 3.02. The average molecular weight is 538 g/mol. The van der Waals surface area contributed by atoms with Gasteiger partial charge in [0.25, 0.3) is 5.91 Å². The highest BCUT2D eigenvalue weighted by atomic mass is 127. The molecule has 0 radical (unpaired) electrons. The van der Waals surface area contributed by atoms with Crippen LogP contribution in [0.5, 0.6) is 0 Å². The zero-order valence-corrected chi connectivity index (χ0v) is 21.1. The van der Waals surface area contributed by atoms with E-state index in [1.165, 1.54) is 11.1 Å². The second kappa shape index (κ2) is 15.6. The van der Waals surface area contributed by atoms with Gasteiger partial charge >= 0.3 is 0 Å². The van der Waals surface area contributed by atoms with Gasteiger partial charge in [-0.2, -0.15) is 0 Å². The summed E-state index contributed by atoms with van der Waals surface area (Å²) in [5, 5.41) is 9.33. The minimum atomic E-state index is -0.0682. The van der Waals surface area contributed by atoms with Crippen LogP contribution in [0.25, 0.3) is 0 Å². The summed E-state index contributed by atoms with van der Waals surface area (Å²) in [4.78, 5) is 16.5. The van der Waals surface area contributed by atoms with Crippen molar-refractivity contribution < 1.29 is 9.53 Å². The van der Waals surface area contributed by atoms with Gasteiger partial charge < -0.3 is 20.7 Å². The van der Waals surface area contributed by atoms with Crippen LogP contribution in [0.3, 0.4) is 0 Å². The molecule has 0 heterocycles. The fraction of sp³-hybridized carbons (Fsp3) is 0.417. The molecule has 0 aliphatic carbocycles. The SMILES string of the molecule is CCCOCc1ccccc1CN=C(NCC)NCCc1cccc(C(=O)NC)c1.I. The summed E-state index contributed by atoms with van der Waals surface area (Å²) in [6.45, 7) is 7.65. The van der Waals surface area contributed by atoms with Crippen molar-refractivity contribution >= 4 is 35.8 Å². The predicted molar refractivity (Wildman–Crippen MR) is 138 cm³/mol. The first-order chi connectivity index (χ1) is 14.7. The molecule has 170 valence electrons. The lowest BCUT2D eigenvalue weighted by molar-refractivity contribution is 0.0963. The Morgan fingerprint density at radius 2 is 1.81 bits per heavy atom. The number of halogens is 1. The molecule has 0 unspecified atom stereocenters. The lowest BCUT2D eigenvalue weighted by Gasteiger charge is -2.13. The van der Waals surface area contributed by atoms with Gasteiger partial charge in [-0.15, -0.1) is 24.0 Å². The van der Waals surface area contributed by atoms with Gasteiger partial charge in [-0.3, -0.25) is 4.79 Å². The Hall–Kier alpha value is -2.13. The molecule has 0 saturated carbocycles. The lowest BCUT2D eigenvalue weighted by Crippen LogP contribution is -2.38. The monoisotopic (exact) mass is 538 g/mol. The highest BCUT2D eigenvalue weighted by molar-refractivity contribution is 14.0. The third-order valence-corrected chi connectivity index (χ3v) is 4.60. The van der Waals surface area contributed by atoms with Gasteiger partial charge in [0, 0.05) is 32.3 Å².